The first kappa shape index (κ1) is 30.7. The molecule has 1 aliphatic rings. The van der Waals surface area contributed by atoms with E-state index in [1.807, 2.05) is 12.5 Å². The van der Waals surface area contributed by atoms with Gasteiger partial charge in [-0.2, -0.15) is 0 Å². The molecule has 36 heavy (non-hydrogen) atoms. The Hall–Kier alpha value is -1.55. The lowest BCUT2D eigenvalue weighted by molar-refractivity contribution is 0.138. The predicted octanol–water partition coefficient (Wildman–Crippen LogP) is 8.96. The van der Waals surface area contributed by atoms with Crippen LogP contribution >= 0.6 is 0 Å². The molecule has 2 rings (SSSR count). The third-order valence-corrected chi connectivity index (χ3v) is 7.73. The Labute approximate surface area is 224 Å². The van der Waals surface area contributed by atoms with Gasteiger partial charge in [0.05, 0.1) is 13.0 Å². The molecule has 206 valence electrons. The normalized spacial score (nSPS) is 15.0. The maximum Gasteiger partial charge on any atom is 0.0945 e. The Morgan fingerprint density at radius 2 is 1.39 bits per heavy atom. The Morgan fingerprint density at radius 1 is 0.722 bits per heavy atom. The van der Waals surface area contributed by atoms with Gasteiger partial charge in [0.2, 0.25) is 0 Å². The van der Waals surface area contributed by atoms with Gasteiger partial charge in [0.15, 0.2) is 0 Å². The monoisotopic (exact) mass is 498 g/mol. The first-order valence-electron chi connectivity index (χ1n) is 15.6. The van der Waals surface area contributed by atoms with Gasteiger partial charge in [0.25, 0.3) is 0 Å². The molecule has 0 aliphatic carbocycles. The van der Waals surface area contributed by atoms with Crippen LogP contribution in [0, 0.1) is 0 Å². The molecule has 0 radical (unpaired) electrons. The fourth-order valence-corrected chi connectivity index (χ4v) is 5.55. The van der Waals surface area contributed by atoms with Crippen LogP contribution < -0.4 is 0 Å². The predicted molar refractivity (Wildman–Crippen MR) is 157 cm³/mol. The average Bonchev–Trinajstić information content (AvgIpc) is 3.41. The van der Waals surface area contributed by atoms with E-state index in [1.165, 1.54) is 116 Å². The standard InChI is InChI=1S/C32H58N4/c1-4-7-8-9-10-11-12-13-14-15-16-17-18-19-20-21-24-35-28-31(5-2)32(6-3)36(30-35)26-22-25-34-27-23-33-29-34/h13-14,23,27,29H,4-12,15-22,24-26,28,30H2,1-3H3/b14-13-. The molecule has 2 heterocycles. The van der Waals surface area contributed by atoms with Gasteiger partial charge in [-0.1, -0.05) is 90.7 Å². The van der Waals surface area contributed by atoms with E-state index in [9.17, 15) is 0 Å². The molecule has 4 heteroatoms. The number of aryl methyl sites for hydroxylation is 1. The van der Waals surface area contributed by atoms with E-state index in [2.05, 4.69) is 58.5 Å². The van der Waals surface area contributed by atoms with Crippen molar-refractivity contribution in [2.45, 2.75) is 136 Å². The van der Waals surface area contributed by atoms with Gasteiger partial charge in [0.1, 0.15) is 0 Å². The molecule has 0 spiro atoms. The number of hydrogen-bond donors (Lipinski definition) is 0. The summed E-state index contributed by atoms with van der Waals surface area (Å²) in [6.45, 7) is 12.7. The number of nitrogens with zero attached hydrogens (tertiary/aromatic N) is 4. The van der Waals surface area contributed by atoms with Gasteiger partial charge in [0, 0.05) is 44.3 Å². The highest BCUT2D eigenvalue weighted by molar-refractivity contribution is 5.17. The molecule has 0 atom stereocenters. The molecule has 0 unspecified atom stereocenters. The second-order valence-corrected chi connectivity index (χ2v) is 10.8. The Kier molecular flexibility index (Phi) is 17.5. The summed E-state index contributed by atoms with van der Waals surface area (Å²) in [7, 11) is 0. The first-order chi connectivity index (χ1) is 17.8. The molecule has 1 aromatic rings. The van der Waals surface area contributed by atoms with Crippen LogP contribution in [-0.4, -0.2) is 45.7 Å². The zero-order chi connectivity index (χ0) is 25.7. The Morgan fingerprint density at radius 3 is 2.00 bits per heavy atom. The minimum absolute atomic E-state index is 1.06. The quantitative estimate of drug-likeness (QED) is 0.118. The van der Waals surface area contributed by atoms with Gasteiger partial charge < -0.3 is 9.47 Å². The van der Waals surface area contributed by atoms with Crippen LogP contribution in [0.1, 0.15) is 130 Å². The lowest BCUT2D eigenvalue weighted by Gasteiger charge is -2.40. The first-order valence-corrected chi connectivity index (χ1v) is 15.6. The van der Waals surface area contributed by atoms with Gasteiger partial charge in [-0.25, -0.2) is 4.98 Å². The second-order valence-electron chi connectivity index (χ2n) is 10.8. The fraction of sp³-hybridized carbons (Fsp3) is 0.781. The van der Waals surface area contributed by atoms with Crippen molar-refractivity contribution >= 4 is 0 Å². The van der Waals surface area contributed by atoms with Crippen molar-refractivity contribution in [3.8, 4) is 0 Å². The molecule has 0 N–H and O–H groups in total. The summed E-state index contributed by atoms with van der Waals surface area (Å²) >= 11 is 0. The smallest absolute Gasteiger partial charge is 0.0945 e. The number of imidazole rings is 1. The van der Waals surface area contributed by atoms with E-state index in [4.69, 9.17) is 0 Å². The topological polar surface area (TPSA) is 24.3 Å². The Bertz CT molecular complexity index is 691. The van der Waals surface area contributed by atoms with E-state index in [-0.39, 0.29) is 0 Å². The summed E-state index contributed by atoms with van der Waals surface area (Å²) in [5.41, 5.74) is 3.27. The van der Waals surface area contributed by atoms with E-state index in [0.29, 0.717) is 0 Å². The van der Waals surface area contributed by atoms with E-state index >= 15 is 0 Å². The summed E-state index contributed by atoms with van der Waals surface area (Å²) in [6, 6.07) is 0. The summed E-state index contributed by atoms with van der Waals surface area (Å²) < 4.78 is 2.20. The second kappa shape index (κ2) is 20.5. The zero-order valence-corrected chi connectivity index (χ0v) is 24.2. The number of aromatic nitrogens is 2. The Balaban J connectivity index is 1.51. The molecule has 0 bridgehead atoms. The summed E-state index contributed by atoms with van der Waals surface area (Å²) in [5, 5.41) is 0. The van der Waals surface area contributed by atoms with Crippen LogP contribution in [-0.2, 0) is 6.54 Å². The number of unbranched alkanes of at least 4 members (excludes halogenated alkanes) is 12. The van der Waals surface area contributed by atoms with Crippen molar-refractivity contribution in [2.24, 2.45) is 0 Å². The van der Waals surface area contributed by atoms with Crippen LogP contribution in [0.3, 0.4) is 0 Å². The molecule has 0 aromatic carbocycles. The number of rotatable bonds is 22. The lowest BCUT2D eigenvalue weighted by atomic mass is 10.0. The van der Waals surface area contributed by atoms with Crippen molar-refractivity contribution in [1.82, 2.24) is 19.4 Å². The summed E-state index contributed by atoms with van der Waals surface area (Å²) in [4.78, 5) is 9.54. The molecule has 1 aliphatic heterocycles. The highest BCUT2D eigenvalue weighted by Gasteiger charge is 2.22. The maximum atomic E-state index is 4.18. The molecule has 0 fully saturated rings. The largest absolute Gasteiger partial charge is 0.362 e. The van der Waals surface area contributed by atoms with Crippen molar-refractivity contribution in [1.29, 1.82) is 0 Å². The van der Waals surface area contributed by atoms with Crippen molar-refractivity contribution in [3.05, 3.63) is 42.1 Å². The van der Waals surface area contributed by atoms with Gasteiger partial charge in [-0.05, 0) is 56.9 Å². The van der Waals surface area contributed by atoms with E-state index < -0.39 is 0 Å². The zero-order valence-electron chi connectivity index (χ0n) is 24.2. The molecule has 0 saturated carbocycles. The minimum Gasteiger partial charge on any atom is -0.362 e. The fourth-order valence-electron chi connectivity index (χ4n) is 5.55. The van der Waals surface area contributed by atoms with Crippen molar-refractivity contribution in [3.63, 3.8) is 0 Å². The minimum atomic E-state index is 1.06. The molecule has 4 nitrogen and oxygen atoms in total. The molecular formula is C32H58N4. The molecule has 1 aromatic heterocycles. The SMILES string of the molecule is CCCCCCCC/C=C\CCCCCCCCN1CC(CC)=C(CC)N(CCCn2ccnc2)C1. The van der Waals surface area contributed by atoms with Crippen LogP contribution in [0.15, 0.2) is 42.1 Å². The molecule has 0 amide bonds. The van der Waals surface area contributed by atoms with Crippen LogP contribution in [0.4, 0.5) is 0 Å². The van der Waals surface area contributed by atoms with E-state index in [0.717, 1.165) is 26.2 Å². The summed E-state index contributed by atoms with van der Waals surface area (Å²) in [6.07, 6.45) is 33.6. The van der Waals surface area contributed by atoms with Gasteiger partial charge in [-0.15, -0.1) is 0 Å². The average molecular weight is 499 g/mol. The number of hydrogen-bond acceptors (Lipinski definition) is 3. The highest BCUT2D eigenvalue weighted by Crippen LogP contribution is 2.24. The third kappa shape index (κ3) is 13.1. The van der Waals surface area contributed by atoms with Crippen LogP contribution in [0.2, 0.25) is 0 Å². The van der Waals surface area contributed by atoms with Crippen LogP contribution in [0.5, 0.6) is 0 Å². The molecule has 0 saturated heterocycles. The van der Waals surface area contributed by atoms with Crippen molar-refractivity contribution in [2.75, 3.05) is 26.3 Å². The van der Waals surface area contributed by atoms with Gasteiger partial charge in [-0.3, -0.25) is 4.90 Å². The summed E-state index contributed by atoms with van der Waals surface area (Å²) in [5.74, 6) is 0. The van der Waals surface area contributed by atoms with Crippen LogP contribution in [0.25, 0.3) is 0 Å². The highest BCUT2D eigenvalue weighted by atomic mass is 15.3. The lowest BCUT2D eigenvalue weighted by Crippen LogP contribution is -2.44. The molecular weight excluding hydrogens is 440 g/mol. The van der Waals surface area contributed by atoms with Crippen molar-refractivity contribution < 1.29 is 0 Å². The van der Waals surface area contributed by atoms with E-state index in [1.54, 1.807) is 11.3 Å². The third-order valence-electron chi connectivity index (χ3n) is 7.73. The maximum absolute atomic E-state index is 4.18. The van der Waals surface area contributed by atoms with Gasteiger partial charge >= 0.3 is 0 Å². The number of allylic oxidation sites excluding steroid dienone is 3.